The molecular formula is C10H9BrO3. The molecule has 0 saturated carbocycles. The normalized spacial score (nSPS) is 9.79. The summed E-state index contributed by atoms with van der Waals surface area (Å²) in [6.07, 6.45) is 1.59. The Hall–Kier alpha value is -1.16. The minimum atomic E-state index is -0.960. The zero-order valence-corrected chi connectivity index (χ0v) is 8.95. The van der Waals surface area contributed by atoms with Gasteiger partial charge in [0.1, 0.15) is 6.29 Å². The van der Waals surface area contributed by atoms with Crippen LogP contribution in [0.3, 0.4) is 0 Å². The number of carboxylic acid groups (broad SMARTS) is 1. The summed E-state index contributed by atoms with van der Waals surface area (Å²) in [5.41, 5.74) is 0.939. The lowest BCUT2D eigenvalue weighted by Crippen LogP contribution is -2.02. The van der Waals surface area contributed by atoms with E-state index in [4.69, 9.17) is 5.11 Å². The second kappa shape index (κ2) is 4.91. The van der Waals surface area contributed by atoms with Crippen LogP contribution in [0.25, 0.3) is 0 Å². The summed E-state index contributed by atoms with van der Waals surface area (Å²) in [4.78, 5) is 21.0. The van der Waals surface area contributed by atoms with Gasteiger partial charge in [0.05, 0.1) is 5.56 Å². The Labute approximate surface area is 89.9 Å². The van der Waals surface area contributed by atoms with Crippen molar-refractivity contribution in [2.45, 2.75) is 12.8 Å². The molecule has 4 heteroatoms. The smallest absolute Gasteiger partial charge is 0.335 e. The lowest BCUT2D eigenvalue weighted by Gasteiger charge is -2.04. The molecule has 74 valence electrons. The largest absolute Gasteiger partial charge is 0.478 e. The van der Waals surface area contributed by atoms with Gasteiger partial charge >= 0.3 is 5.97 Å². The van der Waals surface area contributed by atoms with E-state index in [0.29, 0.717) is 18.4 Å². The molecule has 0 radical (unpaired) electrons. The standard InChI is InChI=1S/C10H9BrO3/c11-8-3-4-9(10(13)14)7(6-8)2-1-5-12/h3-6H,1-2H2,(H,13,14). The van der Waals surface area contributed by atoms with Crippen molar-refractivity contribution in [1.82, 2.24) is 0 Å². The molecule has 1 aromatic rings. The third-order valence-corrected chi connectivity index (χ3v) is 2.32. The second-order valence-electron chi connectivity index (χ2n) is 2.81. The number of hydrogen-bond donors (Lipinski definition) is 1. The van der Waals surface area contributed by atoms with Crippen molar-refractivity contribution in [1.29, 1.82) is 0 Å². The Balaban J connectivity index is 3.02. The highest BCUT2D eigenvalue weighted by Gasteiger charge is 2.09. The minimum Gasteiger partial charge on any atom is -0.478 e. The maximum absolute atomic E-state index is 10.8. The van der Waals surface area contributed by atoms with E-state index in [0.717, 1.165) is 10.8 Å². The summed E-state index contributed by atoms with van der Waals surface area (Å²) < 4.78 is 0.823. The molecule has 0 spiro atoms. The van der Waals surface area contributed by atoms with Crippen molar-refractivity contribution >= 4 is 28.2 Å². The van der Waals surface area contributed by atoms with Crippen LogP contribution in [-0.2, 0) is 11.2 Å². The first-order valence-corrected chi connectivity index (χ1v) is 4.90. The molecule has 0 aliphatic rings. The summed E-state index contributed by atoms with van der Waals surface area (Å²) in [5, 5.41) is 8.85. The number of carbonyl (C=O) groups excluding carboxylic acids is 1. The van der Waals surface area contributed by atoms with Crippen molar-refractivity contribution in [2.24, 2.45) is 0 Å². The Morgan fingerprint density at radius 3 is 2.79 bits per heavy atom. The number of aromatic carboxylic acids is 1. The van der Waals surface area contributed by atoms with E-state index in [1.54, 1.807) is 12.1 Å². The zero-order chi connectivity index (χ0) is 10.6. The van der Waals surface area contributed by atoms with Gasteiger partial charge in [0.2, 0.25) is 0 Å². The average molecular weight is 257 g/mol. The maximum Gasteiger partial charge on any atom is 0.335 e. The van der Waals surface area contributed by atoms with Gasteiger partial charge in [-0.1, -0.05) is 15.9 Å². The third kappa shape index (κ3) is 2.67. The third-order valence-electron chi connectivity index (χ3n) is 1.83. The molecule has 0 amide bonds. The predicted octanol–water partition coefficient (Wildman–Crippen LogP) is 2.28. The molecule has 3 nitrogen and oxygen atoms in total. The van der Waals surface area contributed by atoms with Crippen molar-refractivity contribution < 1.29 is 14.7 Å². The number of rotatable bonds is 4. The fourth-order valence-corrected chi connectivity index (χ4v) is 1.60. The van der Waals surface area contributed by atoms with Gasteiger partial charge in [-0.05, 0) is 30.2 Å². The van der Waals surface area contributed by atoms with Gasteiger partial charge in [0, 0.05) is 10.9 Å². The fraction of sp³-hybridized carbons (Fsp3) is 0.200. The number of benzene rings is 1. The molecule has 0 saturated heterocycles. The number of hydrogen-bond acceptors (Lipinski definition) is 2. The highest BCUT2D eigenvalue weighted by atomic mass is 79.9. The molecule has 1 N–H and O–H groups in total. The molecule has 14 heavy (non-hydrogen) atoms. The van der Waals surface area contributed by atoms with Crippen molar-refractivity contribution in [3.8, 4) is 0 Å². The molecule has 0 aliphatic carbocycles. The summed E-state index contributed by atoms with van der Waals surface area (Å²) in [5.74, 6) is -0.960. The van der Waals surface area contributed by atoms with Crippen molar-refractivity contribution in [2.75, 3.05) is 0 Å². The van der Waals surface area contributed by atoms with Crippen LogP contribution >= 0.6 is 15.9 Å². The topological polar surface area (TPSA) is 54.4 Å². The van der Waals surface area contributed by atoms with Gasteiger partial charge in [-0.3, -0.25) is 0 Å². The molecule has 0 aromatic heterocycles. The molecule has 1 rings (SSSR count). The number of aldehydes is 1. The van der Waals surface area contributed by atoms with Gasteiger partial charge in [-0.2, -0.15) is 0 Å². The fourth-order valence-electron chi connectivity index (χ4n) is 1.19. The van der Waals surface area contributed by atoms with Crippen LogP contribution in [0.4, 0.5) is 0 Å². The van der Waals surface area contributed by atoms with Gasteiger partial charge in [-0.15, -0.1) is 0 Å². The van der Waals surface area contributed by atoms with Crippen LogP contribution in [0.15, 0.2) is 22.7 Å². The molecule has 0 unspecified atom stereocenters. The Bertz CT molecular complexity index is 360. The first-order valence-electron chi connectivity index (χ1n) is 4.10. The summed E-state index contributed by atoms with van der Waals surface area (Å²) in [6, 6.07) is 4.94. The Morgan fingerprint density at radius 1 is 1.50 bits per heavy atom. The first kappa shape index (κ1) is 10.9. The molecule has 0 fully saturated rings. The second-order valence-corrected chi connectivity index (χ2v) is 3.73. The molecule has 0 bridgehead atoms. The number of halogens is 1. The first-order chi connectivity index (χ1) is 6.65. The van der Waals surface area contributed by atoms with Crippen molar-refractivity contribution in [3.05, 3.63) is 33.8 Å². The van der Waals surface area contributed by atoms with Crippen LogP contribution in [0.5, 0.6) is 0 Å². The lowest BCUT2D eigenvalue weighted by molar-refractivity contribution is -0.107. The monoisotopic (exact) mass is 256 g/mol. The van der Waals surface area contributed by atoms with E-state index in [1.165, 1.54) is 6.07 Å². The summed E-state index contributed by atoms with van der Waals surface area (Å²) in [6.45, 7) is 0. The molecule has 0 heterocycles. The molecular weight excluding hydrogens is 248 g/mol. The van der Waals surface area contributed by atoms with Gasteiger partial charge in [-0.25, -0.2) is 4.79 Å². The van der Waals surface area contributed by atoms with E-state index in [2.05, 4.69) is 15.9 Å². The highest BCUT2D eigenvalue weighted by molar-refractivity contribution is 9.10. The van der Waals surface area contributed by atoms with E-state index < -0.39 is 5.97 Å². The molecule has 0 aliphatic heterocycles. The van der Waals surface area contributed by atoms with Crippen LogP contribution in [0.2, 0.25) is 0 Å². The minimum absolute atomic E-state index is 0.259. The highest BCUT2D eigenvalue weighted by Crippen LogP contribution is 2.17. The summed E-state index contributed by atoms with van der Waals surface area (Å²) >= 11 is 3.26. The molecule has 1 aromatic carbocycles. The van der Waals surface area contributed by atoms with Crippen molar-refractivity contribution in [3.63, 3.8) is 0 Å². The SMILES string of the molecule is O=CCCc1cc(Br)ccc1C(=O)O. The van der Waals surface area contributed by atoms with Crippen LogP contribution in [0.1, 0.15) is 22.3 Å². The Morgan fingerprint density at radius 2 is 2.21 bits per heavy atom. The quantitative estimate of drug-likeness (QED) is 0.842. The maximum atomic E-state index is 10.8. The van der Waals surface area contributed by atoms with Gasteiger partial charge in [0.25, 0.3) is 0 Å². The number of carbonyl (C=O) groups is 2. The number of carboxylic acids is 1. The number of aryl methyl sites for hydroxylation is 1. The average Bonchev–Trinajstić information content (AvgIpc) is 2.14. The van der Waals surface area contributed by atoms with Gasteiger partial charge < -0.3 is 9.90 Å². The van der Waals surface area contributed by atoms with E-state index in [1.807, 2.05) is 0 Å². The lowest BCUT2D eigenvalue weighted by atomic mass is 10.0. The van der Waals surface area contributed by atoms with Crippen LogP contribution in [0, 0.1) is 0 Å². The van der Waals surface area contributed by atoms with E-state index >= 15 is 0 Å². The van der Waals surface area contributed by atoms with E-state index in [-0.39, 0.29) is 5.56 Å². The molecule has 0 atom stereocenters. The predicted molar refractivity (Wildman–Crippen MR) is 55.5 cm³/mol. The van der Waals surface area contributed by atoms with Crippen LogP contribution < -0.4 is 0 Å². The van der Waals surface area contributed by atoms with Gasteiger partial charge in [0.15, 0.2) is 0 Å². The zero-order valence-electron chi connectivity index (χ0n) is 7.37. The summed E-state index contributed by atoms with van der Waals surface area (Å²) in [7, 11) is 0. The Kier molecular flexibility index (Phi) is 3.83. The van der Waals surface area contributed by atoms with Crippen LogP contribution in [-0.4, -0.2) is 17.4 Å². The van der Waals surface area contributed by atoms with E-state index in [9.17, 15) is 9.59 Å².